The molecule has 1 saturated heterocycles. The van der Waals surface area contributed by atoms with Crippen molar-refractivity contribution < 1.29 is 14.4 Å². The monoisotopic (exact) mass is 472 g/mol. The third kappa shape index (κ3) is 4.23. The van der Waals surface area contributed by atoms with Gasteiger partial charge in [0, 0.05) is 47.2 Å². The molecule has 3 amide bonds. The number of rotatable bonds is 5. The van der Waals surface area contributed by atoms with Crippen molar-refractivity contribution in [3.63, 3.8) is 0 Å². The first kappa shape index (κ1) is 22.3. The Morgan fingerprint density at radius 1 is 1.22 bits per heavy atom. The van der Waals surface area contributed by atoms with Gasteiger partial charge in [-0.3, -0.25) is 19.7 Å². The highest BCUT2D eigenvalue weighted by atomic mass is 35.5. The fourth-order valence-electron chi connectivity index (χ4n) is 3.87. The van der Waals surface area contributed by atoms with E-state index in [0.717, 1.165) is 11.2 Å². The molecule has 166 valence electrons. The molecule has 1 unspecified atom stereocenters. The van der Waals surface area contributed by atoms with E-state index in [9.17, 15) is 14.4 Å². The van der Waals surface area contributed by atoms with E-state index in [1.807, 2.05) is 42.8 Å². The average molecular weight is 473 g/mol. The van der Waals surface area contributed by atoms with Crippen molar-refractivity contribution in [1.29, 1.82) is 0 Å². The Hall–Kier alpha value is -2.90. The maximum absolute atomic E-state index is 13.0. The quantitative estimate of drug-likeness (QED) is 0.552. The second-order valence-electron chi connectivity index (χ2n) is 8.39. The van der Waals surface area contributed by atoms with Crippen LogP contribution in [0.1, 0.15) is 49.3 Å². The number of carbonyl (C=O) groups is 3. The lowest BCUT2D eigenvalue weighted by molar-refractivity contribution is -0.134. The molecule has 1 atom stereocenters. The van der Waals surface area contributed by atoms with Crippen molar-refractivity contribution >= 4 is 46.6 Å². The maximum Gasteiger partial charge on any atom is 0.234 e. The molecule has 9 heteroatoms. The van der Waals surface area contributed by atoms with Crippen LogP contribution in [0.3, 0.4) is 0 Å². The molecule has 3 aromatic rings. The molecule has 0 spiro atoms. The van der Waals surface area contributed by atoms with Gasteiger partial charge < -0.3 is 9.72 Å². The molecule has 0 radical (unpaired) electrons. The number of pyridine rings is 1. The molecule has 1 fully saturated rings. The number of amides is 3. The smallest absolute Gasteiger partial charge is 0.234 e. The minimum atomic E-state index is -0.784. The zero-order valence-corrected chi connectivity index (χ0v) is 19.1. The third-order valence-corrected chi connectivity index (χ3v) is 6.49. The van der Waals surface area contributed by atoms with Crippen molar-refractivity contribution in [3.8, 4) is 0 Å². The van der Waals surface area contributed by atoms with Gasteiger partial charge in [0.2, 0.25) is 17.7 Å². The predicted octanol–water partition coefficient (Wildman–Crippen LogP) is 3.76. The minimum Gasteiger partial charge on any atom is -0.351 e. The number of imide groups is 1. The Kier molecular flexibility index (Phi) is 5.97. The lowest BCUT2D eigenvalue weighted by atomic mass is 9.84. The normalized spacial score (nSPS) is 16.8. The van der Waals surface area contributed by atoms with E-state index in [4.69, 9.17) is 23.2 Å². The Labute approximate surface area is 195 Å². The van der Waals surface area contributed by atoms with Crippen molar-refractivity contribution in [2.45, 2.75) is 44.6 Å². The lowest BCUT2D eigenvalue weighted by Crippen LogP contribution is -2.40. The van der Waals surface area contributed by atoms with E-state index in [1.165, 1.54) is 0 Å². The summed E-state index contributed by atoms with van der Waals surface area (Å²) in [5, 5.41) is 5.93. The summed E-state index contributed by atoms with van der Waals surface area (Å²) >= 11 is 12.9. The van der Waals surface area contributed by atoms with E-state index in [1.54, 1.807) is 18.3 Å². The van der Waals surface area contributed by atoms with Crippen molar-refractivity contribution in [2.75, 3.05) is 0 Å². The highest BCUT2D eigenvalue weighted by molar-refractivity contribution is 6.36. The van der Waals surface area contributed by atoms with E-state index in [-0.39, 0.29) is 24.8 Å². The number of fused-ring (bicyclic) bond motifs is 1. The molecule has 7 nitrogen and oxygen atoms in total. The van der Waals surface area contributed by atoms with Gasteiger partial charge in [-0.25, -0.2) is 4.98 Å². The predicted molar refractivity (Wildman–Crippen MR) is 122 cm³/mol. The molecule has 2 N–H and O–H groups in total. The van der Waals surface area contributed by atoms with Crippen molar-refractivity contribution in [3.05, 3.63) is 69.6 Å². The minimum absolute atomic E-state index is 0.158. The molecule has 1 aliphatic heterocycles. The third-order valence-electron chi connectivity index (χ3n) is 5.87. The van der Waals surface area contributed by atoms with Crippen LogP contribution in [0.25, 0.3) is 5.65 Å². The van der Waals surface area contributed by atoms with Crippen molar-refractivity contribution in [2.24, 2.45) is 0 Å². The lowest BCUT2D eigenvalue weighted by Gasteiger charge is -2.25. The molecule has 4 rings (SSSR count). The van der Waals surface area contributed by atoms with Crippen LogP contribution in [-0.4, -0.2) is 27.1 Å². The first-order chi connectivity index (χ1) is 15.2. The number of aromatic nitrogens is 2. The van der Waals surface area contributed by atoms with Crippen LogP contribution in [0.4, 0.5) is 0 Å². The number of nitrogens with one attached hydrogen (secondary N) is 2. The summed E-state index contributed by atoms with van der Waals surface area (Å²) in [5.74, 6) is -1.43. The number of piperidine rings is 1. The molecule has 1 aliphatic rings. The van der Waals surface area contributed by atoms with E-state index < -0.39 is 17.2 Å². The Morgan fingerprint density at radius 2 is 1.94 bits per heavy atom. The molecule has 2 aromatic heterocycles. The van der Waals surface area contributed by atoms with Crippen LogP contribution < -0.4 is 10.6 Å². The molecule has 32 heavy (non-hydrogen) atoms. The summed E-state index contributed by atoms with van der Waals surface area (Å²) in [6, 6.07) is 7.17. The topological polar surface area (TPSA) is 92.6 Å². The largest absolute Gasteiger partial charge is 0.351 e. The number of hydrogen-bond acceptors (Lipinski definition) is 4. The van der Waals surface area contributed by atoms with Crippen LogP contribution in [0, 0.1) is 0 Å². The fourth-order valence-corrected chi connectivity index (χ4v) is 4.67. The molecule has 3 heterocycles. The number of halogens is 2. The highest BCUT2D eigenvalue weighted by Gasteiger charge is 2.32. The van der Waals surface area contributed by atoms with Gasteiger partial charge in [0.05, 0.1) is 11.3 Å². The Bertz CT molecular complexity index is 1210. The number of nitrogens with zero attached hydrogens (tertiary/aromatic N) is 2. The summed E-state index contributed by atoms with van der Waals surface area (Å²) in [6.07, 6.45) is 6.02. The van der Waals surface area contributed by atoms with Crippen LogP contribution in [0.15, 0.2) is 42.9 Å². The summed E-state index contributed by atoms with van der Waals surface area (Å²) in [6.45, 7) is 3.93. The first-order valence-electron chi connectivity index (χ1n) is 10.2. The van der Waals surface area contributed by atoms with E-state index in [2.05, 4.69) is 15.6 Å². The van der Waals surface area contributed by atoms with Gasteiger partial charge in [-0.15, -0.1) is 0 Å². The molecule has 0 bridgehead atoms. The van der Waals surface area contributed by atoms with Crippen LogP contribution >= 0.6 is 23.2 Å². The standard InChI is InChI=1S/C23H22Cl2N4O3/c1-23(2,14-5-7-29-8-6-26-18(29)11-14)22(32)27-12-13-9-16(24)20(17(25)10-13)15-3-4-19(30)28-21(15)31/h5-11,15H,3-4,12H2,1-2H3,(H,27,32)(H,28,30,31). The van der Waals surface area contributed by atoms with E-state index >= 15 is 0 Å². The summed E-state index contributed by atoms with van der Waals surface area (Å²) in [4.78, 5) is 40.9. The molecular formula is C23H22Cl2N4O3. The van der Waals surface area contributed by atoms with Gasteiger partial charge in [0.1, 0.15) is 5.65 Å². The fraction of sp³-hybridized carbons (Fsp3) is 0.304. The number of benzene rings is 1. The van der Waals surface area contributed by atoms with Gasteiger partial charge in [0.15, 0.2) is 0 Å². The van der Waals surface area contributed by atoms with Crippen LogP contribution in [0.2, 0.25) is 10.0 Å². The SMILES string of the molecule is CC(C)(C(=O)NCc1cc(Cl)c(C2CCC(=O)NC2=O)c(Cl)c1)c1ccn2ccnc2c1. The Balaban J connectivity index is 1.49. The second kappa shape index (κ2) is 8.56. The second-order valence-corrected chi connectivity index (χ2v) is 9.21. The van der Waals surface area contributed by atoms with Crippen LogP contribution in [0.5, 0.6) is 0 Å². The first-order valence-corrected chi connectivity index (χ1v) is 11.0. The van der Waals surface area contributed by atoms with Gasteiger partial charge >= 0.3 is 0 Å². The Morgan fingerprint density at radius 3 is 2.62 bits per heavy atom. The molecule has 0 aliphatic carbocycles. The maximum atomic E-state index is 13.0. The van der Waals surface area contributed by atoms with Crippen LogP contribution in [-0.2, 0) is 26.3 Å². The summed E-state index contributed by atoms with van der Waals surface area (Å²) in [5.41, 5.74) is 2.04. The summed E-state index contributed by atoms with van der Waals surface area (Å²) in [7, 11) is 0. The molecule has 0 saturated carbocycles. The van der Waals surface area contributed by atoms with E-state index in [0.29, 0.717) is 27.6 Å². The summed E-state index contributed by atoms with van der Waals surface area (Å²) < 4.78 is 1.88. The number of imidazole rings is 1. The highest BCUT2D eigenvalue weighted by Crippen LogP contribution is 2.37. The molecule has 1 aromatic carbocycles. The zero-order valence-electron chi connectivity index (χ0n) is 17.6. The number of hydrogen-bond donors (Lipinski definition) is 2. The zero-order chi connectivity index (χ0) is 23.0. The van der Waals surface area contributed by atoms with Gasteiger partial charge in [-0.05, 0) is 55.7 Å². The van der Waals surface area contributed by atoms with Gasteiger partial charge in [-0.2, -0.15) is 0 Å². The molecular weight excluding hydrogens is 451 g/mol. The average Bonchev–Trinajstić information content (AvgIpc) is 3.21. The van der Waals surface area contributed by atoms with Gasteiger partial charge in [0.25, 0.3) is 0 Å². The van der Waals surface area contributed by atoms with Crippen molar-refractivity contribution in [1.82, 2.24) is 20.0 Å². The number of carbonyl (C=O) groups excluding carboxylic acids is 3. The van der Waals surface area contributed by atoms with Gasteiger partial charge in [-0.1, -0.05) is 23.2 Å².